The Bertz CT molecular complexity index is 712. The number of nitrogens with zero attached hydrogens (tertiary/aromatic N) is 3. The molecule has 2 aliphatic heterocycles. The van der Waals surface area contributed by atoms with Crippen LogP contribution in [0.2, 0.25) is 0 Å². The van der Waals surface area contributed by atoms with Crippen LogP contribution in [0.15, 0.2) is 24.5 Å². The van der Waals surface area contributed by atoms with E-state index < -0.39 is 9.84 Å². The summed E-state index contributed by atoms with van der Waals surface area (Å²) in [6, 6.07) is 3.36. The topological polar surface area (TPSA) is 87.7 Å². The lowest BCUT2D eigenvalue weighted by atomic mass is 10.0. The van der Waals surface area contributed by atoms with Crippen LogP contribution in [0.3, 0.4) is 0 Å². The third-order valence-corrected chi connectivity index (χ3v) is 6.47. The average Bonchev–Trinajstić information content (AvgIpc) is 2.93. The molecule has 0 aliphatic carbocycles. The third-order valence-electron chi connectivity index (χ3n) is 4.64. The molecule has 3 heterocycles. The van der Waals surface area contributed by atoms with Crippen molar-refractivity contribution in [1.82, 2.24) is 14.8 Å². The average molecular weight is 351 g/mol. The fraction of sp³-hybridized carbons (Fsp3) is 0.562. The Morgan fingerprint density at radius 1 is 1.08 bits per heavy atom. The molecule has 2 amide bonds. The van der Waals surface area contributed by atoms with E-state index in [1.54, 1.807) is 34.3 Å². The summed E-state index contributed by atoms with van der Waals surface area (Å²) in [4.78, 5) is 32.1. The maximum absolute atomic E-state index is 12.4. The largest absolute Gasteiger partial charge is 0.339 e. The molecule has 0 spiro atoms. The molecule has 0 bridgehead atoms. The zero-order chi connectivity index (χ0) is 17.2. The van der Waals surface area contributed by atoms with Crippen LogP contribution in [0.4, 0.5) is 0 Å². The van der Waals surface area contributed by atoms with Gasteiger partial charge in [0.1, 0.15) is 0 Å². The minimum absolute atomic E-state index is 0.00638. The van der Waals surface area contributed by atoms with Gasteiger partial charge in [0, 0.05) is 50.6 Å². The minimum Gasteiger partial charge on any atom is -0.339 e. The van der Waals surface area contributed by atoms with Crippen molar-refractivity contribution < 1.29 is 18.0 Å². The number of piperazine rings is 1. The molecule has 1 unspecified atom stereocenters. The van der Waals surface area contributed by atoms with Gasteiger partial charge in [-0.3, -0.25) is 14.6 Å². The summed E-state index contributed by atoms with van der Waals surface area (Å²) < 4.78 is 23.0. The summed E-state index contributed by atoms with van der Waals surface area (Å²) in [6.07, 6.45) is 4.04. The van der Waals surface area contributed by atoms with Crippen molar-refractivity contribution in [2.24, 2.45) is 5.92 Å². The highest BCUT2D eigenvalue weighted by atomic mass is 32.2. The molecule has 3 rings (SSSR count). The fourth-order valence-corrected chi connectivity index (χ4v) is 5.11. The SMILES string of the molecule is O=C(CC1CCS(=O)(=O)C1)N1CCN(C(=O)c2ccncc2)CC1. The summed E-state index contributed by atoms with van der Waals surface area (Å²) in [5, 5.41) is 0. The molecule has 1 aromatic rings. The number of pyridine rings is 1. The number of amides is 2. The van der Waals surface area contributed by atoms with Crippen LogP contribution in [0, 0.1) is 5.92 Å². The number of aromatic nitrogens is 1. The zero-order valence-corrected chi connectivity index (χ0v) is 14.2. The monoisotopic (exact) mass is 351 g/mol. The van der Waals surface area contributed by atoms with Gasteiger partial charge in [-0.05, 0) is 24.5 Å². The summed E-state index contributed by atoms with van der Waals surface area (Å²) in [5.74, 6) is 0.205. The minimum atomic E-state index is -2.95. The van der Waals surface area contributed by atoms with Crippen LogP contribution in [-0.4, -0.2) is 72.7 Å². The second-order valence-corrected chi connectivity index (χ2v) is 8.61. The Morgan fingerprint density at radius 3 is 2.29 bits per heavy atom. The van der Waals surface area contributed by atoms with E-state index in [4.69, 9.17) is 0 Å². The number of hydrogen-bond acceptors (Lipinski definition) is 5. The Labute approximate surface area is 141 Å². The van der Waals surface area contributed by atoms with E-state index in [0.29, 0.717) is 38.2 Å². The van der Waals surface area contributed by atoms with Crippen molar-refractivity contribution in [1.29, 1.82) is 0 Å². The number of sulfone groups is 1. The van der Waals surface area contributed by atoms with Crippen molar-refractivity contribution >= 4 is 21.7 Å². The van der Waals surface area contributed by atoms with Crippen LogP contribution in [0.5, 0.6) is 0 Å². The highest BCUT2D eigenvalue weighted by Crippen LogP contribution is 2.22. The molecule has 24 heavy (non-hydrogen) atoms. The third kappa shape index (κ3) is 3.92. The maximum Gasteiger partial charge on any atom is 0.254 e. The predicted octanol–water partition coefficient (Wildman–Crippen LogP) is 0.191. The number of carbonyl (C=O) groups excluding carboxylic acids is 2. The number of rotatable bonds is 3. The van der Waals surface area contributed by atoms with Crippen molar-refractivity contribution in [3.05, 3.63) is 30.1 Å². The molecular weight excluding hydrogens is 330 g/mol. The van der Waals surface area contributed by atoms with E-state index in [1.165, 1.54) is 0 Å². The second kappa shape index (κ2) is 6.88. The molecule has 2 fully saturated rings. The first-order chi connectivity index (χ1) is 11.4. The highest BCUT2D eigenvalue weighted by Gasteiger charge is 2.32. The van der Waals surface area contributed by atoms with Crippen LogP contribution in [-0.2, 0) is 14.6 Å². The molecule has 2 aliphatic rings. The van der Waals surface area contributed by atoms with Crippen molar-refractivity contribution in [3.63, 3.8) is 0 Å². The molecule has 130 valence electrons. The van der Waals surface area contributed by atoms with Gasteiger partial charge >= 0.3 is 0 Å². The van der Waals surface area contributed by atoms with Crippen molar-refractivity contribution in [3.8, 4) is 0 Å². The maximum atomic E-state index is 12.4. The van der Waals surface area contributed by atoms with Crippen LogP contribution >= 0.6 is 0 Å². The lowest BCUT2D eigenvalue weighted by Crippen LogP contribution is -2.50. The quantitative estimate of drug-likeness (QED) is 0.776. The summed E-state index contributed by atoms with van der Waals surface area (Å²) in [6.45, 7) is 1.98. The Morgan fingerprint density at radius 2 is 1.71 bits per heavy atom. The number of hydrogen-bond donors (Lipinski definition) is 0. The first kappa shape index (κ1) is 16.9. The van der Waals surface area contributed by atoms with Gasteiger partial charge in [0.25, 0.3) is 5.91 Å². The Balaban J connectivity index is 1.50. The van der Waals surface area contributed by atoms with Crippen LogP contribution in [0.25, 0.3) is 0 Å². The van der Waals surface area contributed by atoms with E-state index in [1.807, 2.05) is 0 Å². The molecule has 7 nitrogen and oxygen atoms in total. The Kier molecular flexibility index (Phi) is 4.84. The lowest BCUT2D eigenvalue weighted by molar-refractivity contribution is -0.133. The van der Waals surface area contributed by atoms with Crippen LogP contribution in [0.1, 0.15) is 23.2 Å². The van der Waals surface area contributed by atoms with Gasteiger partial charge in [-0.25, -0.2) is 8.42 Å². The van der Waals surface area contributed by atoms with E-state index in [2.05, 4.69) is 4.98 Å². The van der Waals surface area contributed by atoms with E-state index in [9.17, 15) is 18.0 Å². The zero-order valence-electron chi connectivity index (χ0n) is 13.4. The van der Waals surface area contributed by atoms with E-state index in [0.717, 1.165) is 0 Å². The van der Waals surface area contributed by atoms with Gasteiger partial charge in [-0.2, -0.15) is 0 Å². The molecular formula is C16H21N3O4S. The first-order valence-corrected chi connectivity index (χ1v) is 9.94. The molecule has 2 saturated heterocycles. The Hall–Kier alpha value is -1.96. The van der Waals surface area contributed by atoms with Gasteiger partial charge < -0.3 is 9.80 Å². The van der Waals surface area contributed by atoms with Crippen molar-refractivity contribution in [2.75, 3.05) is 37.7 Å². The molecule has 0 radical (unpaired) electrons. The normalized spacial score (nSPS) is 23.2. The fourth-order valence-electron chi connectivity index (χ4n) is 3.25. The second-order valence-electron chi connectivity index (χ2n) is 6.38. The molecule has 0 saturated carbocycles. The lowest BCUT2D eigenvalue weighted by Gasteiger charge is -2.35. The van der Waals surface area contributed by atoms with Gasteiger partial charge in [0.05, 0.1) is 11.5 Å². The van der Waals surface area contributed by atoms with Gasteiger partial charge in [0.15, 0.2) is 9.84 Å². The van der Waals surface area contributed by atoms with Gasteiger partial charge in [-0.1, -0.05) is 0 Å². The molecule has 8 heteroatoms. The summed E-state index contributed by atoms with van der Waals surface area (Å²) >= 11 is 0. The molecule has 0 N–H and O–H groups in total. The van der Waals surface area contributed by atoms with Gasteiger partial charge in [-0.15, -0.1) is 0 Å². The molecule has 1 atom stereocenters. The predicted molar refractivity (Wildman–Crippen MR) is 88.1 cm³/mol. The first-order valence-electron chi connectivity index (χ1n) is 8.12. The molecule has 1 aromatic heterocycles. The summed E-state index contributed by atoms with van der Waals surface area (Å²) in [7, 11) is -2.95. The van der Waals surface area contributed by atoms with Crippen molar-refractivity contribution in [2.45, 2.75) is 12.8 Å². The highest BCUT2D eigenvalue weighted by molar-refractivity contribution is 7.91. The van der Waals surface area contributed by atoms with Crippen LogP contribution < -0.4 is 0 Å². The summed E-state index contributed by atoms with van der Waals surface area (Å²) in [5.41, 5.74) is 0.598. The molecule has 0 aromatic carbocycles. The van der Waals surface area contributed by atoms with E-state index in [-0.39, 0.29) is 35.7 Å². The number of carbonyl (C=O) groups is 2. The smallest absolute Gasteiger partial charge is 0.254 e. The van der Waals surface area contributed by atoms with E-state index >= 15 is 0 Å². The standard InChI is InChI=1S/C16H21N3O4S/c20-15(11-13-3-10-24(22,23)12-13)18-6-8-19(9-7-18)16(21)14-1-4-17-5-2-14/h1-2,4-5,13H,3,6-12H2. The van der Waals surface area contributed by atoms with Gasteiger partial charge in [0.2, 0.25) is 5.91 Å².